The van der Waals surface area contributed by atoms with Crippen LogP contribution in [0.3, 0.4) is 0 Å². The molecule has 0 spiro atoms. The highest BCUT2D eigenvalue weighted by Gasteiger charge is 2.31. The second-order valence-electron chi connectivity index (χ2n) is 6.31. The zero-order valence-electron chi connectivity index (χ0n) is 11.8. The lowest BCUT2D eigenvalue weighted by molar-refractivity contribution is 0.196. The third-order valence-corrected chi connectivity index (χ3v) is 5.10. The van der Waals surface area contributed by atoms with Gasteiger partial charge in [0.25, 0.3) is 0 Å². The molecule has 1 saturated carbocycles. The van der Waals surface area contributed by atoms with Crippen LogP contribution in [0.4, 0.5) is 0 Å². The molecule has 1 aromatic carbocycles. The van der Waals surface area contributed by atoms with Crippen molar-refractivity contribution >= 4 is 0 Å². The average Bonchev–Trinajstić information content (AvgIpc) is 2.89. The van der Waals surface area contributed by atoms with E-state index in [4.69, 9.17) is 0 Å². The van der Waals surface area contributed by atoms with E-state index in [1.807, 2.05) is 0 Å². The number of aliphatic hydroxyl groups excluding tert-OH is 1. The molecule has 2 aliphatic carbocycles. The van der Waals surface area contributed by atoms with Gasteiger partial charge >= 0.3 is 0 Å². The molecular formula is C17H25NO. The van der Waals surface area contributed by atoms with E-state index >= 15 is 0 Å². The zero-order chi connectivity index (χ0) is 13.2. The fourth-order valence-corrected chi connectivity index (χ4v) is 3.91. The van der Waals surface area contributed by atoms with Crippen molar-refractivity contribution in [2.75, 3.05) is 6.61 Å². The van der Waals surface area contributed by atoms with Crippen LogP contribution in [0.2, 0.25) is 0 Å². The van der Waals surface area contributed by atoms with Crippen molar-refractivity contribution in [3.05, 3.63) is 35.4 Å². The molecule has 104 valence electrons. The predicted molar refractivity (Wildman–Crippen MR) is 78.2 cm³/mol. The highest BCUT2D eigenvalue weighted by atomic mass is 16.3. The van der Waals surface area contributed by atoms with Crippen molar-refractivity contribution in [2.45, 2.75) is 57.0 Å². The molecule has 19 heavy (non-hydrogen) atoms. The molecule has 1 aromatic rings. The number of rotatable bonds is 3. The molecule has 0 saturated heterocycles. The van der Waals surface area contributed by atoms with Crippen LogP contribution in [-0.2, 0) is 0 Å². The minimum atomic E-state index is 0.336. The Labute approximate surface area is 116 Å². The summed E-state index contributed by atoms with van der Waals surface area (Å²) in [5.41, 5.74) is 3.01. The van der Waals surface area contributed by atoms with Gasteiger partial charge in [-0.3, -0.25) is 0 Å². The first kappa shape index (κ1) is 13.1. The van der Waals surface area contributed by atoms with E-state index in [0.29, 0.717) is 30.5 Å². The standard InChI is InChI=1S/C17H25NO/c1-12-9-10-17(15-7-3-2-6-14(12)15)18-16-8-4-5-13(16)11-19/h2-3,6-7,12-13,16-19H,4-5,8-11H2,1H3. The van der Waals surface area contributed by atoms with Crippen LogP contribution in [0.1, 0.15) is 62.1 Å². The van der Waals surface area contributed by atoms with Crippen LogP contribution in [0.5, 0.6) is 0 Å². The summed E-state index contributed by atoms with van der Waals surface area (Å²) in [7, 11) is 0. The van der Waals surface area contributed by atoms with Crippen molar-refractivity contribution in [3.8, 4) is 0 Å². The Morgan fingerprint density at radius 2 is 1.89 bits per heavy atom. The Balaban J connectivity index is 1.77. The van der Waals surface area contributed by atoms with Crippen LogP contribution in [0, 0.1) is 5.92 Å². The number of aliphatic hydroxyl groups is 1. The van der Waals surface area contributed by atoms with Crippen molar-refractivity contribution in [2.24, 2.45) is 5.92 Å². The highest BCUT2D eigenvalue weighted by molar-refractivity contribution is 5.35. The summed E-state index contributed by atoms with van der Waals surface area (Å²) in [6.07, 6.45) is 6.16. The maximum Gasteiger partial charge on any atom is 0.0474 e. The summed E-state index contributed by atoms with van der Waals surface area (Å²) >= 11 is 0. The summed E-state index contributed by atoms with van der Waals surface area (Å²) in [5.74, 6) is 1.15. The highest BCUT2D eigenvalue weighted by Crippen LogP contribution is 2.38. The van der Waals surface area contributed by atoms with Crippen LogP contribution in [0.15, 0.2) is 24.3 Å². The lowest BCUT2D eigenvalue weighted by Crippen LogP contribution is -2.38. The summed E-state index contributed by atoms with van der Waals surface area (Å²) < 4.78 is 0. The van der Waals surface area contributed by atoms with Gasteiger partial charge in [-0.2, -0.15) is 0 Å². The summed E-state index contributed by atoms with van der Waals surface area (Å²) in [5, 5.41) is 13.3. The van der Waals surface area contributed by atoms with Crippen LogP contribution >= 0.6 is 0 Å². The maximum atomic E-state index is 9.46. The second kappa shape index (κ2) is 5.64. The van der Waals surface area contributed by atoms with Crippen molar-refractivity contribution in [3.63, 3.8) is 0 Å². The van der Waals surface area contributed by atoms with E-state index in [-0.39, 0.29) is 0 Å². The smallest absolute Gasteiger partial charge is 0.0474 e. The van der Waals surface area contributed by atoms with Crippen molar-refractivity contribution < 1.29 is 5.11 Å². The van der Waals surface area contributed by atoms with Gasteiger partial charge in [0.2, 0.25) is 0 Å². The number of hydrogen-bond donors (Lipinski definition) is 2. The molecule has 2 N–H and O–H groups in total. The van der Waals surface area contributed by atoms with Gasteiger partial charge in [0.1, 0.15) is 0 Å². The Hall–Kier alpha value is -0.860. The predicted octanol–water partition coefficient (Wildman–Crippen LogP) is 3.38. The topological polar surface area (TPSA) is 32.3 Å². The van der Waals surface area contributed by atoms with Gasteiger partial charge in [0.15, 0.2) is 0 Å². The number of benzene rings is 1. The largest absolute Gasteiger partial charge is 0.396 e. The minimum absolute atomic E-state index is 0.336. The molecule has 0 radical (unpaired) electrons. The molecule has 3 rings (SSSR count). The molecule has 0 bridgehead atoms. The third kappa shape index (κ3) is 2.56. The molecule has 4 atom stereocenters. The van der Waals surface area contributed by atoms with Gasteiger partial charge < -0.3 is 10.4 Å². The maximum absolute atomic E-state index is 9.46. The van der Waals surface area contributed by atoms with Crippen molar-refractivity contribution in [1.29, 1.82) is 0 Å². The number of nitrogens with one attached hydrogen (secondary N) is 1. The van der Waals surface area contributed by atoms with Crippen LogP contribution < -0.4 is 5.32 Å². The summed E-state index contributed by atoms with van der Waals surface area (Å²) in [6.45, 7) is 2.67. The first-order valence-corrected chi connectivity index (χ1v) is 7.75. The molecule has 0 aromatic heterocycles. The molecular weight excluding hydrogens is 234 g/mol. The molecule has 2 nitrogen and oxygen atoms in total. The quantitative estimate of drug-likeness (QED) is 0.872. The molecule has 0 amide bonds. The lowest BCUT2D eigenvalue weighted by atomic mass is 9.80. The van der Waals surface area contributed by atoms with Crippen LogP contribution in [0.25, 0.3) is 0 Å². The van der Waals surface area contributed by atoms with Gasteiger partial charge in [-0.05, 0) is 48.6 Å². The second-order valence-corrected chi connectivity index (χ2v) is 6.31. The SMILES string of the molecule is CC1CCC(NC2CCCC2CO)c2ccccc21. The fourth-order valence-electron chi connectivity index (χ4n) is 3.91. The summed E-state index contributed by atoms with van der Waals surface area (Å²) in [4.78, 5) is 0. The lowest BCUT2D eigenvalue weighted by Gasteiger charge is -2.33. The number of fused-ring (bicyclic) bond motifs is 1. The van der Waals surface area contributed by atoms with Gasteiger partial charge in [0.05, 0.1) is 0 Å². The van der Waals surface area contributed by atoms with Crippen molar-refractivity contribution in [1.82, 2.24) is 5.32 Å². The van der Waals surface area contributed by atoms with E-state index < -0.39 is 0 Å². The summed E-state index contributed by atoms with van der Waals surface area (Å²) in [6, 6.07) is 9.88. The molecule has 0 heterocycles. The minimum Gasteiger partial charge on any atom is -0.396 e. The molecule has 2 heteroatoms. The Morgan fingerprint density at radius 3 is 2.68 bits per heavy atom. The Kier molecular flexibility index (Phi) is 3.90. The number of hydrogen-bond acceptors (Lipinski definition) is 2. The van der Waals surface area contributed by atoms with E-state index in [2.05, 4.69) is 36.5 Å². The van der Waals surface area contributed by atoms with Crippen LogP contribution in [-0.4, -0.2) is 17.8 Å². The van der Waals surface area contributed by atoms with Gasteiger partial charge in [-0.1, -0.05) is 37.6 Å². The molecule has 0 aliphatic heterocycles. The monoisotopic (exact) mass is 259 g/mol. The van der Waals surface area contributed by atoms with Gasteiger partial charge in [-0.15, -0.1) is 0 Å². The third-order valence-electron chi connectivity index (χ3n) is 5.10. The first-order chi connectivity index (χ1) is 9.29. The Morgan fingerprint density at radius 1 is 1.11 bits per heavy atom. The van der Waals surface area contributed by atoms with E-state index in [1.165, 1.54) is 43.2 Å². The average molecular weight is 259 g/mol. The normalized spacial score (nSPS) is 34.2. The molecule has 2 aliphatic rings. The zero-order valence-corrected chi connectivity index (χ0v) is 11.8. The fraction of sp³-hybridized carbons (Fsp3) is 0.647. The van der Waals surface area contributed by atoms with E-state index in [9.17, 15) is 5.11 Å². The van der Waals surface area contributed by atoms with Gasteiger partial charge in [-0.25, -0.2) is 0 Å². The van der Waals surface area contributed by atoms with E-state index in [1.54, 1.807) is 0 Å². The molecule has 1 fully saturated rings. The Bertz CT molecular complexity index is 431. The van der Waals surface area contributed by atoms with Gasteiger partial charge in [0, 0.05) is 18.7 Å². The molecule has 4 unspecified atom stereocenters. The van der Waals surface area contributed by atoms with E-state index in [0.717, 1.165) is 0 Å². The first-order valence-electron chi connectivity index (χ1n) is 7.75.